The number of amides is 2. The molecule has 3 N–H and O–H groups in total. The Morgan fingerprint density at radius 2 is 2.00 bits per heavy atom. The number of carbonyl (C=O) groups is 1. The maximum Gasteiger partial charge on any atom is 0.315 e. The monoisotopic (exact) mass is 297 g/mol. The summed E-state index contributed by atoms with van der Waals surface area (Å²) in [6, 6.07) is 0.111. The molecule has 2 fully saturated rings. The number of aliphatic hydroxyl groups is 1. The fourth-order valence-electron chi connectivity index (χ4n) is 3.53. The lowest BCUT2D eigenvalue weighted by atomic mass is 9.87. The van der Waals surface area contributed by atoms with E-state index in [4.69, 9.17) is 0 Å². The number of nitrogens with zero attached hydrogens (tertiary/aromatic N) is 1. The molecule has 0 radical (unpaired) electrons. The third kappa shape index (κ3) is 6.22. The Bertz CT molecular complexity index is 319. The number of urea groups is 1. The van der Waals surface area contributed by atoms with E-state index >= 15 is 0 Å². The van der Waals surface area contributed by atoms with Gasteiger partial charge >= 0.3 is 6.03 Å². The van der Waals surface area contributed by atoms with Gasteiger partial charge in [0, 0.05) is 19.1 Å². The lowest BCUT2D eigenvalue weighted by Gasteiger charge is -2.29. The Morgan fingerprint density at radius 1 is 1.24 bits per heavy atom. The van der Waals surface area contributed by atoms with Crippen molar-refractivity contribution in [3.8, 4) is 0 Å². The van der Waals surface area contributed by atoms with Crippen LogP contribution in [0.1, 0.15) is 51.9 Å². The predicted octanol–water partition coefficient (Wildman–Crippen LogP) is 1.71. The van der Waals surface area contributed by atoms with Gasteiger partial charge in [-0.2, -0.15) is 0 Å². The second-order valence-electron chi connectivity index (χ2n) is 6.80. The van der Waals surface area contributed by atoms with Crippen LogP contribution in [0.4, 0.5) is 4.79 Å². The van der Waals surface area contributed by atoms with Gasteiger partial charge in [-0.25, -0.2) is 4.79 Å². The van der Waals surface area contributed by atoms with Gasteiger partial charge in [-0.3, -0.25) is 0 Å². The molecular formula is C16H31N3O2. The van der Waals surface area contributed by atoms with Crippen LogP contribution in [-0.4, -0.2) is 54.4 Å². The average Bonchev–Trinajstić information content (AvgIpc) is 2.46. The lowest BCUT2D eigenvalue weighted by Crippen LogP contribution is -2.48. The van der Waals surface area contributed by atoms with Crippen molar-refractivity contribution in [3.05, 3.63) is 0 Å². The summed E-state index contributed by atoms with van der Waals surface area (Å²) in [5.74, 6) is 0.428. The summed E-state index contributed by atoms with van der Waals surface area (Å²) < 4.78 is 0. The molecule has 5 nitrogen and oxygen atoms in total. The van der Waals surface area contributed by atoms with Crippen LogP contribution in [-0.2, 0) is 0 Å². The number of likely N-dealkylation sites (tertiary alicyclic amines) is 1. The van der Waals surface area contributed by atoms with Crippen molar-refractivity contribution in [3.63, 3.8) is 0 Å². The van der Waals surface area contributed by atoms with E-state index in [0.717, 1.165) is 45.3 Å². The first kappa shape index (κ1) is 16.6. The standard InChI is InChI=1S/C16H31N3O2/c1-13(12-19-8-3-2-4-9-19)18-16(21)17-11-14-6-5-7-15(20)10-14/h13-15,20H,2-12H2,1H3,(H2,17,18,21). The van der Waals surface area contributed by atoms with Gasteiger partial charge in [0.25, 0.3) is 0 Å². The van der Waals surface area contributed by atoms with Gasteiger partial charge in [0.2, 0.25) is 0 Å². The molecule has 0 aromatic rings. The minimum absolute atomic E-state index is 0.0698. The molecule has 3 atom stereocenters. The quantitative estimate of drug-likeness (QED) is 0.724. The third-order valence-corrected chi connectivity index (χ3v) is 4.66. The third-order valence-electron chi connectivity index (χ3n) is 4.66. The molecule has 1 heterocycles. The maximum atomic E-state index is 11.9. The molecule has 1 saturated carbocycles. The maximum absolute atomic E-state index is 11.9. The highest BCUT2D eigenvalue weighted by molar-refractivity contribution is 5.74. The lowest BCUT2D eigenvalue weighted by molar-refractivity contribution is 0.101. The van der Waals surface area contributed by atoms with E-state index < -0.39 is 0 Å². The van der Waals surface area contributed by atoms with E-state index in [1.165, 1.54) is 19.3 Å². The van der Waals surface area contributed by atoms with Gasteiger partial charge in [-0.1, -0.05) is 12.8 Å². The zero-order valence-corrected chi connectivity index (χ0v) is 13.3. The van der Waals surface area contributed by atoms with E-state index in [9.17, 15) is 9.90 Å². The number of carbonyl (C=O) groups excluding carboxylic acids is 1. The van der Waals surface area contributed by atoms with E-state index in [1.807, 2.05) is 0 Å². The van der Waals surface area contributed by atoms with Crippen LogP contribution < -0.4 is 10.6 Å². The Hall–Kier alpha value is -0.810. The van der Waals surface area contributed by atoms with Gasteiger partial charge in [0.1, 0.15) is 0 Å². The summed E-state index contributed by atoms with van der Waals surface area (Å²) in [6.07, 6.45) is 7.64. The van der Waals surface area contributed by atoms with Crippen molar-refractivity contribution >= 4 is 6.03 Å². The zero-order valence-electron chi connectivity index (χ0n) is 13.3. The van der Waals surface area contributed by atoms with Crippen LogP contribution in [0.15, 0.2) is 0 Å². The second-order valence-corrected chi connectivity index (χ2v) is 6.80. The number of hydrogen-bond acceptors (Lipinski definition) is 3. The molecule has 2 amide bonds. The summed E-state index contributed by atoms with van der Waals surface area (Å²) in [6.45, 7) is 6.01. The van der Waals surface area contributed by atoms with Crippen LogP contribution in [0, 0.1) is 5.92 Å². The highest BCUT2D eigenvalue weighted by atomic mass is 16.3. The van der Waals surface area contributed by atoms with Crippen molar-refractivity contribution in [1.29, 1.82) is 0 Å². The number of nitrogens with one attached hydrogen (secondary N) is 2. The van der Waals surface area contributed by atoms with Crippen molar-refractivity contribution in [2.24, 2.45) is 5.92 Å². The number of aliphatic hydroxyl groups excluding tert-OH is 1. The second kappa shape index (κ2) is 8.59. The van der Waals surface area contributed by atoms with Crippen LogP contribution >= 0.6 is 0 Å². The molecule has 2 rings (SSSR count). The predicted molar refractivity (Wildman–Crippen MR) is 84.3 cm³/mol. The van der Waals surface area contributed by atoms with Crippen molar-refractivity contribution in [2.75, 3.05) is 26.2 Å². The summed E-state index contributed by atoms with van der Waals surface area (Å²) in [7, 11) is 0. The van der Waals surface area contributed by atoms with Crippen molar-refractivity contribution in [1.82, 2.24) is 15.5 Å². The van der Waals surface area contributed by atoms with Crippen LogP contribution in [0.3, 0.4) is 0 Å². The van der Waals surface area contributed by atoms with Crippen molar-refractivity contribution in [2.45, 2.75) is 64.0 Å². The van der Waals surface area contributed by atoms with Gasteiger partial charge < -0.3 is 20.6 Å². The molecule has 0 spiro atoms. The first-order valence-corrected chi connectivity index (χ1v) is 8.58. The SMILES string of the molecule is CC(CN1CCCCC1)NC(=O)NCC1CCCC(O)C1. The minimum Gasteiger partial charge on any atom is -0.393 e. The minimum atomic E-state index is -0.174. The summed E-state index contributed by atoms with van der Waals surface area (Å²) >= 11 is 0. The molecule has 3 unspecified atom stereocenters. The van der Waals surface area contributed by atoms with Crippen LogP contribution in [0.5, 0.6) is 0 Å². The average molecular weight is 297 g/mol. The van der Waals surface area contributed by atoms with Crippen LogP contribution in [0.2, 0.25) is 0 Å². The van der Waals surface area contributed by atoms with E-state index in [1.54, 1.807) is 0 Å². The van der Waals surface area contributed by atoms with E-state index in [-0.39, 0.29) is 18.2 Å². The fraction of sp³-hybridized carbons (Fsp3) is 0.938. The molecule has 0 aromatic heterocycles. The Kier molecular flexibility index (Phi) is 6.77. The smallest absolute Gasteiger partial charge is 0.315 e. The molecule has 0 aromatic carbocycles. The summed E-state index contributed by atoms with van der Waals surface area (Å²) in [5.41, 5.74) is 0. The largest absolute Gasteiger partial charge is 0.393 e. The molecule has 1 aliphatic carbocycles. The van der Waals surface area contributed by atoms with Gasteiger partial charge in [-0.05, 0) is 58.0 Å². The Balaban J connectivity index is 1.59. The Labute approximate surface area is 128 Å². The molecule has 2 aliphatic rings. The van der Waals surface area contributed by atoms with Crippen molar-refractivity contribution < 1.29 is 9.90 Å². The zero-order chi connectivity index (χ0) is 15.1. The summed E-state index contributed by atoms with van der Waals surface area (Å²) in [5, 5.41) is 15.6. The van der Waals surface area contributed by atoms with E-state index in [2.05, 4.69) is 22.5 Å². The van der Waals surface area contributed by atoms with Gasteiger partial charge in [0.05, 0.1) is 6.10 Å². The topological polar surface area (TPSA) is 64.6 Å². The molecule has 1 saturated heterocycles. The van der Waals surface area contributed by atoms with Crippen LogP contribution in [0.25, 0.3) is 0 Å². The highest BCUT2D eigenvalue weighted by Gasteiger charge is 2.21. The highest BCUT2D eigenvalue weighted by Crippen LogP contribution is 2.23. The molecule has 122 valence electrons. The molecule has 0 bridgehead atoms. The normalized spacial score (nSPS) is 28.9. The van der Waals surface area contributed by atoms with Gasteiger partial charge in [-0.15, -0.1) is 0 Å². The van der Waals surface area contributed by atoms with Gasteiger partial charge in [0.15, 0.2) is 0 Å². The first-order chi connectivity index (χ1) is 10.1. The number of hydrogen-bond donors (Lipinski definition) is 3. The Morgan fingerprint density at radius 3 is 2.71 bits per heavy atom. The molecule has 5 heteroatoms. The molecule has 1 aliphatic heterocycles. The fourth-order valence-corrected chi connectivity index (χ4v) is 3.53. The summed E-state index contributed by atoms with van der Waals surface area (Å²) in [4.78, 5) is 14.4. The molecule has 21 heavy (non-hydrogen) atoms. The van der Waals surface area contributed by atoms with E-state index in [0.29, 0.717) is 12.5 Å². The molecular weight excluding hydrogens is 266 g/mol. The first-order valence-electron chi connectivity index (χ1n) is 8.58. The number of rotatable bonds is 5. The number of piperidine rings is 1.